The average molecular weight is 387 g/mol. The van der Waals surface area contributed by atoms with Gasteiger partial charge in [-0.3, -0.25) is 0 Å². The van der Waals surface area contributed by atoms with E-state index in [2.05, 4.69) is 43.4 Å². The number of rotatable bonds is 4. The molecule has 1 rings (SSSR count). The number of aromatic hydroxyl groups is 1. The van der Waals surface area contributed by atoms with E-state index in [0.717, 1.165) is 12.0 Å². The molecule has 0 saturated carbocycles. The predicted octanol–water partition coefficient (Wildman–Crippen LogP) is 5.65. The maximum atomic E-state index is 9.57. The number of hydrogen-bond acceptors (Lipinski definition) is 1. The maximum Gasteiger partial charge on any atom is 0.152 e. The predicted molar refractivity (Wildman–Crippen MR) is 83.8 cm³/mol. The number of phenolic OH excluding ortho intramolecular Hbond substituents is 1. The first-order valence-electron chi connectivity index (χ1n) is 5.65. The molecule has 0 spiro atoms. The van der Waals surface area contributed by atoms with Gasteiger partial charge < -0.3 is 5.11 Å². The third-order valence-corrected chi connectivity index (χ3v) is 3.94. The van der Waals surface area contributed by atoms with Crippen molar-refractivity contribution in [3.8, 4) is 5.75 Å². The van der Waals surface area contributed by atoms with Gasteiger partial charge in [0.25, 0.3) is 0 Å². The zero-order valence-electron chi connectivity index (χ0n) is 10.2. The van der Waals surface area contributed by atoms with E-state index < -0.39 is 0 Å². The lowest BCUT2D eigenvalue weighted by Gasteiger charge is -2.23. The van der Waals surface area contributed by atoms with Crippen LogP contribution in [0.1, 0.15) is 38.7 Å². The van der Waals surface area contributed by atoms with Crippen LogP contribution in [-0.4, -0.2) is 9.03 Å². The van der Waals surface area contributed by atoms with E-state index in [0.29, 0.717) is 25.8 Å². The molecule has 0 amide bonds. The Morgan fingerprint density at radius 2 is 1.65 bits per heavy atom. The molecule has 0 aliphatic rings. The number of phenols is 1. The van der Waals surface area contributed by atoms with Crippen LogP contribution in [0.5, 0.6) is 5.75 Å². The summed E-state index contributed by atoms with van der Waals surface area (Å²) in [7, 11) is 0. The lowest BCUT2D eigenvalue weighted by molar-refractivity contribution is 0.464. The monoisotopic (exact) mass is 386 g/mol. The number of halogens is 3. The Bertz CT molecular complexity index is 368. The van der Waals surface area contributed by atoms with E-state index in [1.54, 1.807) is 0 Å². The van der Waals surface area contributed by atoms with Gasteiger partial charge in [-0.2, -0.15) is 0 Å². The fraction of sp³-hybridized carbons (Fsp3) is 0.538. The minimum atomic E-state index is -0.0258. The SMILES string of the molecule is CC(I)CC(c1cc(Cl)c(O)c(Cl)c1)C(C)C. The Morgan fingerprint density at radius 3 is 2.00 bits per heavy atom. The summed E-state index contributed by atoms with van der Waals surface area (Å²) in [6.45, 7) is 6.58. The first-order valence-corrected chi connectivity index (χ1v) is 7.65. The molecule has 0 bridgehead atoms. The van der Waals surface area contributed by atoms with Gasteiger partial charge in [0, 0.05) is 3.92 Å². The van der Waals surface area contributed by atoms with Crippen LogP contribution in [0.4, 0.5) is 0 Å². The van der Waals surface area contributed by atoms with Gasteiger partial charge in [-0.15, -0.1) is 0 Å². The van der Waals surface area contributed by atoms with Gasteiger partial charge in [-0.25, -0.2) is 0 Å². The maximum absolute atomic E-state index is 9.57. The highest BCUT2D eigenvalue weighted by atomic mass is 127. The van der Waals surface area contributed by atoms with E-state index in [-0.39, 0.29) is 5.75 Å². The van der Waals surface area contributed by atoms with Crippen molar-refractivity contribution >= 4 is 45.8 Å². The molecule has 0 aromatic heterocycles. The van der Waals surface area contributed by atoms with Gasteiger partial charge >= 0.3 is 0 Å². The fourth-order valence-electron chi connectivity index (χ4n) is 1.94. The molecule has 1 nitrogen and oxygen atoms in total. The Balaban J connectivity index is 3.10. The van der Waals surface area contributed by atoms with Crippen LogP contribution in [-0.2, 0) is 0 Å². The number of benzene rings is 1. The topological polar surface area (TPSA) is 20.2 Å². The minimum Gasteiger partial charge on any atom is -0.505 e. The lowest BCUT2D eigenvalue weighted by atomic mass is 9.85. The molecule has 1 aromatic carbocycles. The molecule has 1 N–H and O–H groups in total. The molecule has 2 atom stereocenters. The average Bonchev–Trinajstić information content (AvgIpc) is 2.21. The molecule has 0 aliphatic carbocycles. The fourth-order valence-corrected chi connectivity index (χ4v) is 2.99. The molecule has 0 saturated heterocycles. The third-order valence-electron chi connectivity index (χ3n) is 2.85. The van der Waals surface area contributed by atoms with Crippen molar-refractivity contribution in [2.45, 2.75) is 37.0 Å². The first kappa shape index (κ1) is 15.4. The van der Waals surface area contributed by atoms with Gasteiger partial charge in [0.2, 0.25) is 0 Å². The van der Waals surface area contributed by atoms with Crippen molar-refractivity contribution in [2.75, 3.05) is 0 Å². The van der Waals surface area contributed by atoms with Gasteiger partial charge in [0.15, 0.2) is 5.75 Å². The normalized spacial score (nSPS) is 15.0. The number of hydrogen-bond donors (Lipinski definition) is 1. The molecule has 0 aliphatic heterocycles. The molecule has 17 heavy (non-hydrogen) atoms. The van der Waals surface area contributed by atoms with E-state index >= 15 is 0 Å². The molecule has 1 aromatic rings. The highest BCUT2D eigenvalue weighted by Gasteiger charge is 2.20. The van der Waals surface area contributed by atoms with Crippen LogP contribution in [0.2, 0.25) is 10.0 Å². The van der Waals surface area contributed by atoms with Crippen molar-refractivity contribution in [3.05, 3.63) is 27.7 Å². The zero-order valence-corrected chi connectivity index (χ0v) is 13.8. The molecule has 0 radical (unpaired) electrons. The van der Waals surface area contributed by atoms with Crippen molar-refractivity contribution < 1.29 is 5.11 Å². The van der Waals surface area contributed by atoms with Crippen molar-refractivity contribution in [3.63, 3.8) is 0 Å². The quantitative estimate of drug-likeness (QED) is 0.523. The van der Waals surface area contributed by atoms with Crippen molar-refractivity contribution in [2.24, 2.45) is 5.92 Å². The smallest absolute Gasteiger partial charge is 0.152 e. The lowest BCUT2D eigenvalue weighted by Crippen LogP contribution is -2.11. The van der Waals surface area contributed by atoms with Crippen LogP contribution in [0.25, 0.3) is 0 Å². The van der Waals surface area contributed by atoms with E-state index in [1.165, 1.54) is 0 Å². The second-order valence-corrected chi connectivity index (χ2v) is 7.64. The highest BCUT2D eigenvalue weighted by Crippen LogP contribution is 2.39. The molecule has 96 valence electrons. The Hall–Kier alpha value is 0.330. The Morgan fingerprint density at radius 1 is 1.18 bits per heavy atom. The molecule has 2 unspecified atom stereocenters. The van der Waals surface area contributed by atoms with Gasteiger partial charge in [0.05, 0.1) is 10.0 Å². The summed E-state index contributed by atoms with van der Waals surface area (Å²) in [5.74, 6) is 0.906. The second-order valence-electron chi connectivity index (χ2n) is 4.70. The summed E-state index contributed by atoms with van der Waals surface area (Å²) in [5.41, 5.74) is 1.11. The zero-order chi connectivity index (χ0) is 13.2. The largest absolute Gasteiger partial charge is 0.505 e. The van der Waals surface area contributed by atoms with Crippen LogP contribution in [0, 0.1) is 5.92 Å². The van der Waals surface area contributed by atoms with Crippen LogP contribution < -0.4 is 0 Å². The third kappa shape index (κ3) is 4.18. The van der Waals surface area contributed by atoms with Gasteiger partial charge in [0.1, 0.15) is 0 Å². The van der Waals surface area contributed by atoms with E-state index in [9.17, 15) is 5.11 Å². The molecular weight excluding hydrogens is 370 g/mol. The molecule has 0 fully saturated rings. The second kappa shape index (κ2) is 6.48. The number of alkyl halides is 1. The summed E-state index contributed by atoms with van der Waals surface area (Å²) >= 11 is 14.4. The van der Waals surface area contributed by atoms with E-state index in [4.69, 9.17) is 23.2 Å². The van der Waals surface area contributed by atoms with Crippen LogP contribution >= 0.6 is 45.8 Å². The molecular formula is C13H17Cl2IO. The van der Waals surface area contributed by atoms with E-state index in [1.807, 2.05) is 12.1 Å². The van der Waals surface area contributed by atoms with Crippen LogP contribution in [0.15, 0.2) is 12.1 Å². The van der Waals surface area contributed by atoms with Crippen LogP contribution in [0.3, 0.4) is 0 Å². The summed E-state index contributed by atoms with van der Waals surface area (Å²) < 4.78 is 0.589. The van der Waals surface area contributed by atoms with Gasteiger partial charge in [-0.1, -0.05) is 66.6 Å². The summed E-state index contributed by atoms with van der Waals surface area (Å²) in [6.07, 6.45) is 1.08. The standard InChI is InChI=1S/C13H17Cl2IO/c1-7(2)10(4-8(3)16)9-5-11(14)13(17)12(15)6-9/h5-8,10,17H,4H2,1-3H3. The Labute approximate surface area is 127 Å². The minimum absolute atomic E-state index is 0.0258. The van der Waals surface area contributed by atoms with Crippen molar-refractivity contribution in [1.29, 1.82) is 0 Å². The summed E-state index contributed by atoms with van der Waals surface area (Å²) in [6, 6.07) is 3.65. The Kier molecular flexibility index (Phi) is 5.87. The van der Waals surface area contributed by atoms with Crippen molar-refractivity contribution in [1.82, 2.24) is 0 Å². The molecule has 4 heteroatoms. The van der Waals surface area contributed by atoms with Gasteiger partial charge in [-0.05, 0) is 36.0 Å². The summed E-state index contributed by atoms with van der Waals surface area (Å²) in [5, 5.41) is 10.2. The highest BCUT2D eigenvalue weighted by molar-refractivity contribution is 14.1. The first-order chi connectivity index (χ1) is 7.82. The summed E-state index contributed by atoms with van der Waals surface area (Å²) in [4.78, 5) is 0. The molecule has 0 heterocycles.